The second-order valence-electron chi connectivity index (χ2n) is 7.65. The molecule has 1 saturated carbocycles. The van der Waals surface area contributed by atoms with Gasteiger partial charge in [-0.25, -0.2) is 0 Å². The van der Waals surface area contributed by atoms with E-state index in [1.165, 1.54) is 19.3 Å². The highest BCUT2D eigenvalue weighted by Gasteiger charge is 2.36. The maximum Gasteiger partial charge on any atom is 0.226 e. The van der Waals surface area contributed by atoms with Crippen molar-refractivity contribution in [3.63, 3.8) is 0 Å². The molecule has 4 rings (SSSR count). The number of amides is 1. The maximum atomic E-state index is 13.0. The smallest absolute Gasteiger partial charge is 0.226 e. The maximum absolute atomic E-state index is 13.0. The Labute approximate surface area is 182 Å². The first-order valence-electron chi connectivity index (χ1n) is 9.83. The van der Waals surface area contributed by atoms with Crippen LogP contribution in [0.1, 0.15) is 44.1 Å². The van der Waals surface area contributed by atoms with Gasteiger partial charge in [0.1, 0.15) is 0 Å². The number of halogens is 3. The average molecular weight is 440 g/mol. The van der Waals surface area contributed by atoms with Crippen molar-refractivity contribution in [2.75, 3.05) is 6.54 Å². The highest BCUT2D eigenvalue weighted by atomic mass is 35.5. The predicted molar refractivity (Wildman–Crippen MR) is 117 cm³/mol. The lowest BCUT2D eigenvalue weighted by atomic mass is 9.93. The Morgan fingerprint density at radius 3 is 2.57 bits per heavy atom. The zero-order chi connectivity index (χ0) is 18.8. The number of benzene rings is 1. The van der Waals surface area contributed by atoms with E-state index in [0.717, 1.165) is 42.5 Å². The van der Waals surface area contributed by atoms with Crippen molar-refractivity contribution >= 4 is 41.5 Å². The molecule has 1 atom stereocenters. The Morgan fingerprint density at radius 2 is 1.86 bits per heavy atom. The van der Waals surface area contributed by atoms with E-state index in [-0.39, 0.29) is 18.3 Å². The molecule has 1 aromatic carbocycles. The highest BCUT2D eigenvalue weighted by Crippen LogP contribution is 2.39. The van der Waals surface area contributed by atoms with Gasteiger partial charge in [0.25, 0.3) is 0 Å². The summed E-state index contributed by atoms with van der Waals surface area (Å²) in [6.45, 7) is 0.884. The SMILES string of the molecule is Cl.O=C1C(Cc2ccc(Cl)c(-c3cccnc3)c2Cl)CCN1C1CCCCC1. The monoisotopic (exact) mass is 438 g/mol. The summed E-state index contributed by atoms with van der Waals surface area (Å²) in [6, 6.07) is 8.11. The lowest BCUT2D eigenvalue weighted by molar-refractivity contribution is -0.133. The van der Waals surface area contributed by atoms with Crippen LogP contribution in [0.4, 0.5) is 0 Å². The molecule has 1 amide bonds. The lowest BCUT2D eigenvalue weighted by Gasteiger charge is -2.31. The van der Waals surface area contributed by atoms with E-state index in [1.807, 2.05) is 24.3 Å². The number of hydrogen-bond donors (Lipinski definition) is 0. The molecule has 1 unspecified atom stereocenters. The number of pyridine rings is 1. The molecule has 150 valence electrons. The van der Waals surface area contributed by atoms with Crippen molar-refractivity contribution in [2.24, 2.45) is 5.92 Å². The van der Waals surface area contributed by atoms with Gasteiger partial charge in [-0.2, -0.15) is 0 Å². The molecule has 6 heteroatoms. The van der Waals surface area contributed by atoms with Gasteiger partial charge in [0, 0.05) is 47.0 Å². The van der Waals surface area contributed by atoms with Crippen molar-refractivity contribution < 1.29 is 4.79 Å². The molecule has 0 N–H and O–H groups in total. The fourth-order valence-electron chi connectivity index (χ4n) is 4.50. The number of rotatable bonds is 4. The Bertz CT molecular complexity index is 822. The number of hydrogen-bond acceptors (Lipinski definition) is 2. The van der Waals surface area contributed by atoms with Crippen LogP contribution in [0.25, 0.3) is 11.1 Å². The van der Waals surface area contributed by atoms with Crippen LogP contribution in [0.3, 0.4) is 0 Å². The number of carbonyl (C=O) groups is 1. The molecule has 2 heterocycles. The first-order valence-corrected chi connectivity index (χ1v) is 10.6. The summed E-state index contributed by atoms with van der Waals surface area (Å²) in [5.41, 5.74) is 2.69. The highest BCUT2D eigenvalue weighted by molar-refractivity contribution is 6.39. The first kappa shape index (κ1) is 21.4. The zero-order valence-corrected chi connectivity index (χ0v) is 18.1. The van der Waals surface area contributed by atoms with Gasteiger partial charge < -0.3 is 4.90 Å². The summed E-state index contributed by atoms with van der Waals surface area (Å²) >= 11 is 13.1. The average Bonchev–Trinajstić information content (AvgIpc) is 3.06. The van der Waals surface area contributed by atoms with Crippen LogP contribution in [0, 0.1) is 5.92 Å². The molecule has 1 aliphatic heterocycles. The van der Waals surface area contributed by atoms with E-state index in [1.54, 1.807) is 12.4 Å². The Kier molecular flexibility index (Phi) is 7.25. The fourth-order valence-corrected chi connectivity index (χ4v) is 5.17. The predicted octanol–water partition coefficient (Wildman–Crippen LogP) is 6.20. The Hall–Kier alpha value is -1.29. The largest absolute Gasteiger partial charge is 0.339 e. The number of aromatic nitrogens is 1. The van der Waals surface area contributed by atoms with Crippen molar-refractivity contribution in [1.82, 2.24) is 9.88 Å². The quantitative estimate of drug-likeness (QED) is 0.568. The number of nitrogens with zero attached hydrogens (tertiary/aromatic N) is 2. The lowest BCUT2D eigenvalue weighted by Crippen LogP contribution is -2.39. The number of likely N-dealkylation sites (tertiary alicyclic amines) is 1. The summed E-state index contributed by atoms with van der Waals surface area (Å²) < 4.78 is 0. The summed E-state index contributed by atoms with van der Waals surface area (Å²) in [4.78, 5) is 19.3. The van der Waals surface area contributed by atoms with E-state index in [4.69, 9.17) is 23.2 Å². The van der Waals surface area contributed by atoms with Gasteiger partial charge in [0.05, 0.1) is 5.02 Å². The molecule has 1 aromatic heterocycles. The van der Waals surface area contributed by atoms with Gasteiger partial charge in [-0.05, 0) is 43.4 Å². The van der Waals surface area contributed by atoms with Gasteiger partial charge in [-0.15, -0.1) is 12.4 Å². The second-order valence-corrected chi connectivity index (χ2v) is 8.44. The zero-order valence-electron chi connectivity index (χ0n) is 15.7. The van der Waals surface area contributed by atoms with E-state index in [9.17, 15) is 4.79 Å². The molecule has 1 saturated heterocycles. The summed E-state index contributed by atoms with van der Waals surface area (Å²) in [6.07, 6.45) is 11.2. The minimum absolute atomic E-state index is 0. The molecule has 0 spiro atoms. The van der Waals surface area contributed by atoms with Crippen molar-refractivity contribution in [3.05, 3.63) is 52.3 Å². The van der Waals surface area contributed by atoms with E-state index >= 15 is 0 Å². The fraction of sp³-hybridized carbons (Fsp3) is 0.455. The third-order valence-corrected chi connectivity index (χ3v) is 6.70. The molecule has 3 nitrogen and oxygen atoms in total. The van der Waals surface area contributed by atoms with Crippen LogP contribution in [-0.4, -0.2) is 28.4 Å². The first-order chi connectivity index (χ1) is 13.1. The summed E-state index contributed by atoms with van der Waals surface area (Å²) in [5.74, 6) is 0.322. The molecule has 2 aliphatic rings. The molecule has 1 aliphatic carbocycles. The molecular weight excluding hydrogens is 415 g/mol. The van der Waals surface area contributed by atoms with Gasteiger partial charge in [0.15, 0.2) is 0 Å². The van der Waals surface area contributed by atoms with Crippen LogP contribution in [0.5, 0.6) is 0 Å². The third kappa shape index (κ3) is 4.32. The van der Waals surface area contributed by atoms with E-state index < -0.39 is 0 Å². The van der Waals surface area contributed by atoms with Gasteiger partial charge in [-0.1, -0.05) is 54.6 Å². The van der Waals surface area contributed by atoms with Gasteiger partial charge in [-0.3, -0.25) is 9.78 Å². The summed E-state index contributed by atoms with van der Waals surface area (Å²) in [7, 11) is 0. The standard InChI is InChI=1S/C22H24Cl2N2O.ClH/c23-19-9-8-15(21(24)20(19)17-5-4-11-25-14-17)13-16-10-12-26(22(16)27)18-6-2-1-3-7-18;/h4-5,8-9,11,14,16,18H,1-3,6-7,10,12-13H2;1H. The van der Waals surface area contributed by atoms with Crippen molar-refractivity contribution in [1.29, 1.82) is 0 Å². The molecule has 2 fully saturated rings. The van der Waals surface area contributed by atoms with Crippen molar-refractivity contribution in [3.8, 4) is 11.1 Å². The van der Waals surface area contributed by atoms with Crippen LogP contribution in [0.2, 0.25) is 10.0 Å². The van der Waals surface area contributed by atoms with Gasteiger partial charge >= 0.3 is 0 Å². The van der Waals surface area contributed by atoms with Gasteiger partial charge in [0.2, 0.25) is 5.91 Å². The molecule has 0 radical (unpaired) electrons. The van der Waals surface area contributed by atoms with Crippen LogP contribution in [-0.2, 0) is 11.2 Å². The van der Waals surface area contributed by atoms with Crippen molar-refractivity contribution in [2.45, 2.75) is 51.0 Å². The van der Waals surface area contributed by atoms with E-state index in [0.29, 0.717) is 28.4 Å². The minimum atomic E-state index is 0. The minimum Gasteiger partial charge on any atom is -0.339 e. The Morgan fingerprint density at radius 1 is 1.07 bits per heavy atom. The molecule has 28 heavy (non-hydrogen) atoms. The van der Waals surface area contributed by atoms with Crippen LogP contribution >= 0.6 is 35.6 Å². The summed E-state index contributed by atoms with van der Waals surface area (Å²) in [5, 5.41) is 1.25. The normalized spacial score (nSPS) is 20.3. The van der Waals surface area contributed by atoms with Crippen LogP contribution < -0.4 is 0 Å². The molecule has 0 bridgehead atoms. The third-order valence-electron chi connectivity index (χ3n) is 5.95. The second kappa shape index (κ2) is 9.47. The van der Waals surface area contributed by atoms with Crippen LogP contribution in [0.15, 0.2) is 36.7 Å². The molecule has 2 aromatic rings. The Balaban J connectivity index is 0.00000225. The topological polar surface area (TPSA) is 33.2 Å². The number of carbonyl (C=O) groups excluding carboxylic acids is 1. The van der Waals surface area contributed by atoms with E-state index in [2.05, 4.69) is 9.88 Å². The molecular formula is C22H25Cl3N2O.